The van der Waals surface area contributed by atoms with Crippen LogP contribution < -0.4 is 10.1 Å². The molecule has 0 aromatic heterocycles. The van der Waals surface area contributed by atoms with Gasteiger partial charge in [-0.05, 0) is 43.7 Å². The first-order valence-corrected chi connectivity index (χ1v) is 6.78. The van der Waals surface area contributed by atoms with E-state index in [-0.39, 0.29) is 23.9 Å². The molecule has 1 saturated carbocycles. The van der Waals surface area contributed by atoms with Crippen molar-refractivity contribution in [2.24, 2.45) is 5.41 Å². The van der Waals surface area contributed by atoms with Gasteiger partial charge in [0.1, 0.15) is 11.6 Å². The molecule has 0 aliphatic heterocycles. The molecule has 0 heterocycles. The van der Waals surface area contributed by atoms with Gasteiger partial charge in [-0.25, -0.2) is 4.39 Å². The number of benzene rings is 1. The molecule has 3 nitrogen and oxygen atoms in total. The van der Waals surface area contributed by atoms with Crippen molar-refractivity contribution in [3.05, 3.63) is 29.6 Å². The molecular weight excluding hydrogens is 245 g/mol. The molecule has 0 radical (unpaired) electrons. The zero-order valence-corrected chi connectivity index (χ0v) is 11.6. The molecule has 1 atom stereocenters. The Hall–Kier alpha value is -1.13. The lowest BCUT2D eigenvalue weighted by molar-refractivity contribution is 0.242. The molecule has 2 rings (SSSR count). The molecule has 106 valence electrons. The Labute approximate surface area is 113 Å². The van der Waals surface area contributed by atoms with Gasteiger partial charge in [-0.1, -0.05) is 6.07 Å². The normalized spacial score (nSPS) is 18.1. The maximum atomic E-state index is 13.9. The number of hydrogen-bond acceptors (Lipinski definition) is 3. The number of halogens is 1. The first kappa shape index (κ1) is 14.3. The van der Waals surface area contributed by atoms with E-state index in [1.807, 2.05) is 6.92 Å². The third kappa shape index (κ3) is 3.25. The predicted octanol–water partition coefficient (Wildman–Crippen LogP) is 2.65. The largest absolute Gasteiger partial charge is 0.496 e. The van der Waals surface area contributed by atoms with Gasteiger partial charge in [0.15, 0.2) is 0 Å². The van der Waals surface area contributed by atoms with Crippen molar-refractivity contribution in [3.8, 4) is 5.75 Å². The first-order chi connectivity index (χ1) is 9.12. The van der Waals surface area contributed by atoms with E-state index in [4.69, 9.17) is 9.84 Å². The highest BCUT2D eigenvalue weighted by Gasteiger charge is 2.41. The van der Waals surface area contributed by atoms with Crippen LogP contribution >= 0.6 is 0 Å². The van der Waals surface area contributed by atoms with Crippen molar-refractivity contribution >= 4 is 0 Å². The number of rotatable bonds is 7. The van der Waals surface area contributed by atoms with Crippen molar-refractivity contribution < 1.29 is 14.2 Å². The van der Waals surface area contributed by atoms with Gasteiger partial charge < -0.3 is 15.2 Å². The Morgan fingerprint density at radius 1 is 1.47 bits per heavy atom. The zero-order chi connectivity index (χ0) is 13.9. The highest BCUT2D eigenvalue weighted by Crippen LogP contribution is 2.48. The Bertz CT molecular complexity index is 432. The Kier molecular flexibility index (Phi) is 4.42. The minimum atomic E-state index is -0.244. The second-order valence-electron chi connectivity index (χ2n) is 5.43. The van der Waals surface area contributed by atoms with Crippen molar-refractivity contribution in [1.29, 1.82) is 0 Å². The van der Waals surface area contributed by atoms with Gasteiger partial charge in [-0.3, -0.25) is 0 Å². The Morgan fingerprint density at radius 2 is 2.21 bits per heavy atom. The van der Waals surface area contributed by atoms with E-state index in [0.717, 1.165) is 25.8 Å². The Morgan fingerprint density at radius 3 is 2.79 bits per heavy atom. The number of hydrogen-bond donors (Lipinski definition) is 2. The highest BCUT2D eigenvalue weighted by atomic mass is 19.1. The Balaban J connectivity index is 2.02. The van der Waals surface area contributed by atoms with Crippen LogP contribution in [0.5, 0.6) is 5.75 Å². The van der Waals surface area contributed by atoms with Crippen LogP contribution in [0.25, 0.3) is 0 Å². The van der Waals surface area contributed by atoms with Crippen molar-refractivity contribution in [3.63, 3.8) is 0 Å². The van der Waals surface area contributed by atoms with Crippen LogP contribution in [-0.4, -0.2) is 25.4 Å². The summed E-state index contributed by atoms with van der Waals surface area (Å²) >= 11 is 0. The van der Waals surface area contributed by atoms with Crippen LogP contribution in [0.3, 0.4) is 0 Å². The molecule has 19 heavy (non-hydrogen) atoms. The van der Waals surface area contributed by atoms with Gasteiger partial charge in [0.2, 0.25) is 0 Å². The molecule has 2 N–H and O–H groups in total. The molecule has 1 unspecified atom stereocenters. The summed E-state index contributed by atoms with van der Waals surface area (Å²) in [6.45, 7) is 2.97. The van der Waals surface area contributed by atoms with E-state index >= 15 is 0 Å². The SMILES string of the molecule is COc1cccc(F)c1C(C)NCC1(CCO)CC1. The summed E-state index contributed by atoms with van der Waals surface area (Å²) in [5.41, 5.74) is 0.798. The fourth-order valence-electron chi connectivity index (χ4n) is 2.52. The van der Waals surface area contributed by atoms with Gasteiger partial charge in [0.25, 0.3) is 0 Å². The summed E-state index contributed by atoms with van der Waals surface area (Å²) in [6, 6.07) is 4.78. The van der Waals surface area contributed by atoms with E-state index in [0.29, 0.717) is 11.3 Å². The molecule has 0 bridgehead atoms. The van der Waals surface area contributed by atoms with E-state index in [1.165, 1.54) is 6.07 Å². The monoisotopic (exact) mass is 267 g/mol. The number of ether oxygens (including phenoxy) is 1. The van der Waals surface area contributed by atoms with Crippen LogP contribution in [-0.2, 0) is 0 Å². The third-order valence-electron chi connectivity index (χ3n) is 4.05. The zero-order valence-electron chi connectivity index (χ0n) is 11.6. The molecule has 4 heteroatoms. The lowest BCUT2D eigenvalue weighted by Crippen LogP contribution is -2.28. The van der Waals surface area contributed by atoms with E-state index < -0.39 is 0 Å². The summed E-state index contributed by atoms with van der Waals surface area (Å²) < 4.78 is 19.1. The van der Waals surface area contributed by atoms with Gasteiger partial charge in [0.05, 0.1) is 7.11 Å². The van der Waals surface area contributed by atoms with Gasteiger partial charge in [0, 0.05) is 24.8 Å². The molecule has 1 aliphatic carbocycles. The van der Waals surface area contributed by atoms with Crippen LogP contribution in [0.15, 0.2) is 18.2 Å². The van der Waals surface area contributed by atoms with Crippen LogP contribution in [0.4, 0.5) is 4.39 Å². The number of methoxy groups -OCH3 is 1. The molecule has 1 aromatic carbocycles. The number of aliphatic hydroxyl groups excluding tert-OH is 1. The molecule has 0 amide bonds. The summed E-state index contributed by atoms with van der Waals surface area (Å²) in [5, 5.41) is 12.4. The van der Waals surface area contributed by atoms with Crippen LogP contribution in [0.1, 0.15) is 37.8 Å². The molecule has 0 spiro atoms. The quantitative estimate of drug-likeness (QED) is 0.798. The van der Waals surface area contributed by atoms with Gasteiger partial charge >= 0.3 is 0 Å². The highest BCUT2D eigenvalue weighted by molar-refractivity contribution is 5.36. The van der Waals surface area contributed by atoms with E-state index in [9.17, 15) is 4.39 Å². The maximum Gasteiger partial charge on any atom is 0.131 e. The number of aliphatic hydroxyl groups is 1. The van der Waals surface area contributed by atoms with Crippen molar-refractivity contribution in [2.45, 2.75) is 32.2 Å². The van der Waals surface area contributed by atoms with Crippen LogP contribution in [0, 0.1) is 11.2 Å². The van der Waals surface area contributed by atoms with E-state index in [1.54, 1.807) is 19.2 Å². The van der Waals surface area contributed by atoms with Gasteiger partial charge in [-0.2, -0.15) is 0 Å². The first-order valence-electron chi connectivity index (χ1n) is 6.78. The summed E-state index contributed by atoms with van der Waals surface area (Å²) in [5.74, 6) is 0.332. The third-order valence-corrected chi connectivity index (χ3v) is 4.05. The minimum absolute atomic E-state index is 0.104. The summed E-state index contributed by atoms with van der Waals surface area (Å²) in [4.78, 5) is 0. The average Bonchev–Trinajstić information content (AvgIpc) is 3.16. The molecule has 1 fully saturated rings. The summed E-state index contributed by atoms with van der Waals surface area (Å²) in [6.07, 6.45) is 3.10. The second kappa shape index (κ2) is 5.88. The maximum absolute atomic E-state index is 13.9. The smallest absolute Gasteiger partial charge is 0.131 e. The topological polar surface area (TPSA) is 41.5 Å². The molecular formula is C15H22FNO2. The van der Waals surface area contributed by atoms with Crippen molar-refractivity contribution in [2.75, 3.05) is 20.3 Å². The van der Waals surface area contributed by atoms with Crippen LogP contribution in [0.2, 0.25) is 0 Å². The lowest BCUT2D eigenvalue weighted by Gasteiger charge is -2.21. The predicted molar refractivity (Wildman–Crippen MR) is 72.7 cm³/mol. The standard InChI is InChI=1S/C15H22FNO2/c1-11(17-10-15(6-7-15)8-9-18)14-12(16)4-3-5-13(14)19-2/h3-5,11,17-18H,6-10H2,1-2H3. The number of nitrogens with one attached hydrogen (secondary N) is 1. The second-order valence-corrected chi connectivity index (χ2v) is 5.43. The molecule has 1 aliphatic rings. The van der Waals surface area contributed by atoms with E-state index in [2.05, 4.69) is 5.32 Å². The van der Waals surface area contributed by atoms with Gasteiger partial charge in [-0.15, -0.1) is 0 Å². The minimum Gasteiger partial charge on any atom is -0.496 e. The summed E-state index contributed by atoms with van der Waals surface area (Å²) in [7, 11) is 1.55. The van der Waals surface area contributed by atoms with Crippen molar-refractivity contribution in [1.82, 2.24) is 5.32 Å². The fraction of sp³-hybridized carbons (Fsp3) is 0.600. The lowest BCUT2D eigenvalue weighted by atomic mass is 10.0. The molecule has 0 saturated heterocycles. The molecule has 1 aromatic rings. The average molecular weight is 267 g/mol. The fourth-order valence-corrected chi connectivity index (χ4v) is 2.52.